The molecule has 0 aliphatic carbocycles. The molecule has 0 aliphatic heterocycles. The summed E-state index contributed by atoms with van der Waals surface area (Å²) in [6.45, 7) is 0. The highest BCUT2D eigenvalue weighted by molar-refractivity contribution is 5.79. The van der Waals surface area contributed by atoms with Gasteiger partial charge in [0.05, 0.1) is 0 Å². The molecule has 0 saturated heterocycles. The Morgan fingerprint density at radius 3 is 1.25 bits per heavy atom. The summed E-state index contributed by atoms with van der Waals surface area (Å²) in [4.78, 5) is 9.92. The van der Waals surface area contributed by atoms with Crippen LogP contribution in [-0.4, -0.2) is 53.2 Å². The molecule has 1 N–H and O–H groups in total. The van der Waals surface area contributed by atoms with Gasteiger partial charge in [-0.15, -0.1) is 0 Å². The third-order valence-corrected chi connectivity index (χ3v) is 2.70. The van der Waals surface area contributed by atoms with Crippen LogP contribution in [0.2, 0.25) is 0 Å². The first kappa shape index (κ1) is 26.1. The number of alkyl halides is 15. The van der Waals surface area contributed by atoms with Gasteiger partial charge >= 0.3 is 48.1 Å². The summed E-state index contributed by atoms with van der Waals surface area (Å²) in [6, 6.07) is 0. The molecule has 0 bridgehead atoms. The summed E-state index contributed by atoms with van der Waals surface area (Å²) < 4.78 is 192. The SMILES string of the molecule is O=C(O)C=CC(F)(F)C(F)(F)C(F)(F)OC(C(F)(F)F)(C(F)(F)F)C(F)(F)F. The molecule has 0 fully saturated rings. The lowest BCUT2D eigenvalue weighted by molar-refractivity contribution is -0.524. The molecule has 18 heteroatoms. The lowest BCUT2D eigenvalue weighted by Crippen LogP contribution is -2.72. The molecule has 166 valence electrons. The fourth-order valence-corrected chi connectivity index (χ4v) is 1.39. The number of rotatable bonds is 6. The Balaban J connectivity index is 6.65. The maximum atomic E-state index is 13.2. The summed E-state index contributed by atoms with van der Waals surface area (Å²) in [7, 11) is 0. The standard InChI is InChI=1S/C10H3F15O3/c11-4(12,2-1-3(26)27)6(13,14)10(24,25)28-5(7(15,16)17,8(18,19)20)9(21,22)23/h1-2H,(H,26,27). The molecule has 0 rings (SSSR count). The average molecular weight is 456 g/mol. The zero-order chi connectivity index (χ0) is 23.2. The van der Waals surface area contributed by atoms with Crippen molar-refractivity contribution in [3.8, 4) is 0 Å². The number of aliphatic carboxylic acids is 1. The predicted octanol–water partition coefficient (Wildman–Crippen LogP) is 4.93. The van der Waals surface area contributed by atoms with Crippen LogP contribution < -0.4 is 0 Å². The maximum absolute atomic E-state index is 13.2. The number of carboxylic acid groups (broad SMARTS) is 1. The number of ether oxygens (including phenoxy) is 1. The Kier molecular flexibility index (Phi) is 6.41. The molecule has 0 radical (unpaired) electrons. The molecule has 3 nitrogen and oxygen atoms in total. The minimum Gasteiger partial charge on any atom is -0.478 e. The van der Waals surface area contributed by atoms with E-state index in [1.807, 2.05) is 0 Å². The highest BCUT2D eigenvalue weighted by atomic mass is 19.4. The van der Waals surface area contributed by atoms with Gasteiger partial charge in [0, 0.05) is 6.08 Å². The first-order chi connectivity index (χ1) is 11.9. The number of carbonyl (C=O) groups is 1. The highest BCUT2D eigenvalue weighted by Crippen LogP contribution is 2.59. The van der Waals surface area contributed by atoms with Crippen LogP contribution in [0.1, 0.15) is 0 Å². The minimum atomic E-state index is -7.99. The molecule has 0 saturated carbocycles. The van der Waals surface area contributed by atoms with E-state index >= 15 is 0 Å². The fraction of sp³-hybridized carbons (Fsp3) is 0.700. The van der Waals surface area contributed by atoms with Crippen LogP contribution in [0, 0.1) is 0 Å². The van der Waals surface area contributed by atoms with Gasteiger partial charge in [-0.2, -0.15) is 65.9 Å². The van der Waals surface area contributed by atoms with Gasteiger partial charge in [-0.25, -0.2) is 4.79 Å². The van der Waals surface area contributed by atoms with Crippen molar-refractivity contribution in [3.63, 3.8) is 0 Å². The van der Waals surface area contributed by atoms with Crippen LogP contribution in [0.15, 0.2) is 12.2 Å². The molecular formula is C10H3F15O3. The van der Waals surface area contributed by atoms with Gasteiger partial charge in [0.1, 0.15) is 0 Å². The Bertz CT molecular complexity index is 573. The third-order valence-electron chi connectivity index (χ3n) is 2.70. The lowest BCUT2D eigenvalue weighted by atomic mass is 10.0. The Labute approximate surface area is 142 Å². The predicted molar refractivity (Wildman–Crippen MR) is 53.6 cm³/mol. The molecule has 28 heavy (non-hydrogen) atoms. The summed E-state index contributed by atoms with van der Waals surface area (Å²) in [6.07, 6.45) is -34.1. The maximum Gasteiger partial charge on any atom is 0.436 e. The third kappa shape index (κ3) is 4.24. The molecular weight excluding hydrogens is 453 g/mol. The van der Waals surface area contributed by atoms with Gasteiger partial charge in [0.2, 0.25) is 0 Å². The van der Waals surface area contributed by atoms with Crippen molar-refractivity contribution in [3.05, 3.63) is 12.2 Å². The smallest absolute Gasteiger partial charge is 0.436 e. The normalized spacial score (nSPS) is 16.0. The quantitative estimate of drug-likeness (QED) is 0.456. The van der Waals surface area contributed by atoms with E-state index in [0.29, 0.717) is 0 Å². The summed E-state index contributed by atoms with van der Waals surface area (Å²) >= 11 is 0. The molecule has 0 aromatic carbocycles. The van der Waals surface area contributed by atoms with Gasteiger partial charge in [-0.1, -0.05) is 0 Å². The number of halogens is 15. The van der Waals surface area contributed by atoms with E-state index in [2.05, 4.69) is 0 Å². The number of hydrogen-bond donors (Lipinski definition) is 1. The fourth-order valence-electron chi connectivity index (χ4n) is 1.39. The molecule has 0 heterocycles. The molecule has 0 atom stereocenters. The van der Waals surface area contributed by atoms with Gasteiger partial charge in [-0.3, -0.25) is 4.74 Å². The Hall–Kier alpha value is -1.88. The molecule has 0 spiro atoms. The number of hydrogen-bond acceptors (Lipinski definition) is 2. The van der Waals surface area contributed by atoms with Crippen molar-refractivity contribution in [2.24, 2.45) is 0 Å². The molecule has 0 unspecified atom stereocenters. The van der Waals surface area contributed by atoms with Crippen LogP contribution in [-0.2, 0) is 9.53 Å². The second-order valence-corrected chi connectivity index (χ2v) is 4.66. The van der Waals surface area contributed by atoms with Crippen molar-refractivity contribution < 1.29 is 80.5 Å². The minimum absolute atomic E-state index is 0.978. The average Bonchev–Trinajstić information content (AvgIpc) is 2.38. The lowest BCUT2D eigenvalue weighted by Gasteiger charge is -2.42. The molecule has 0 aromatic rings. The van der Waals surface area contributed by atoms with Crippen LogP contribution >= 0.6 is 0 Å². The van der Waals surface area contributed by atoms with E-state index in [0.717, 1.165) is 0 Å². The monoisotopic (exact) mass is 456 g/mol. The Morgan fingerprint density at radius 1 is 0.679 bits per heavy atom. The van der Waals surface area contributed by atoms with E-state index in [4.69, 9.17) is 5.11 Å². The second kappa shape index (κ2) is 6.87. The van der Waals surface area contributed by atoms with Crippen molar-refractivity contribution in [1.29, 1.82) is 0 Å². The zero-order valence-corrected chi connectivity index (χ0v) is 12.1. The van der Waals surface area contributed by atoms with Gasteiger partial charge < -0.3 is 5.11 Å². The first-order valence-electron chi connectivity index (χ1n) is 5.83. The second-order valence-electron chi connectivity index (χ2n) is 4.66. The van der Waals surface area contributed by atoms with E-state index in [-0.39, 0.29) is 0 Å². The largest absolute Gasteiger partial charge is 0.478 e. The Morgan fingerprint density at radius 2 is 1.00 bits per heavy atom. The molecule has 0 aliphatic rings. The van der Waals surface area contributed by atoms with E-state index in [9.17, 15) is 70.7 Å². The van der Waals surface area contributed by atoms with Crippen LogP contribution in [0.25, 0.3) is 0 Å². The summed E-state index contributed by atoms with van der Waals surface area (Å²) in [5.74, 6) is -16.6. The van der Waals surface area contributed by atoms with E-state index in [1.54, 1.807) is 0 Å². The summed E-state index contributed by atoms with van der Waals surface area (Å²) in [5, 5.41) is 7.92. The van der Waals surface area contributed by atoms with Gasteiger partial charge in [-0.05, 0) is 6.08 Å². The van der Waals surface area contributed by atoms with Gasteiger partial charge in [0.15, 0.2) is 0 Å². The van der Waals surface area contributed by atoms with Crippen molar-refractivity contribution in [2.75, 3.05) is 0 Å². The first-order valence-corrected chi connectivity index (χ1v) is 5.83. The molecule has 0 amide bonds. The van der Waals surface area contributed by atoms with Crippen LogP contribution in [0.4, 0.5) is 65.9 Å². The van der Waals surface area contributed by atoms with Crippen LogP contribution in [0.5, 0.6) is 0 Å². The molecule has 0 aromatic heterocycles. The summed E-state index contributed by atoms with van der Waals surface area (Å²) in [5.41, 5.74) is -7.99. The van der Waals surface area contributed by atoms with Crippen molar-refractivity contribution in [1.82, 2.24) is 0 Å². The number of carboxylic acids is 1. The van der Waals surface area contributed by atoms with E-state index < -0.39 is 60.2 Å². The van der Waals surface area contributed by atoms with Crippen molar-refractivity contribution >= 4 is 5.97 Å². The van der Waals surface area contributed by atoms with E-state index in [1.165, 1.54) is 4.74 Å². The highest BCUT2D eigenvalue weighted by Gasteiger charge is 2.90. The van der Waals surface area contributed by atoms with Crippen LogP contribution in [0.3, 0.4) is 0 Å². The number of allylic oxidation sites excluding steroid dienone is 1. The van der Waals surface area contributed by atoms with Gasteiger partial charge in [0.25, 0.3) is 0 Å². The zero-order valence-electron chi connectivity index (χ0n) is 12.1. The topological polar surface area (TPSA) is 46.5 Å². The van der Waals surface area contributed by atoms with Crippen molar-refractivity contribution in [2.45, 2.75) is 42.1 Å².